The Kier molecular flexibility index (Phi) is 6.82. The predicted octanol–water partition coefficient (Wildman–Crippen LogP) is 3.31. The molecule has 0 aromatic carbocycles. The first-order valence-electron chi connectivity index (χ1n) is 8.04. The topological polar surface area (TPSA) is 39.1 Å². The van der Waals surface area contributed by atoms with Crippen LogP contribution in [0.2, 0.25) is 0 Å². The fourth-order valence-corrected chi connectivity index (χ4v) is 3.28. The van der Waals surface area contributed by atoms with Gasteiger partial charge in [-0.15, -0.1) is 0 Å². The van der Waals surface area contributed by atoms with Crippen molar-refractivity contribution in [3.63, 3.8) is 0 Å². The monoisotopic (exact) mass is 265 g/mol. The average Bonchev–Trinajstić information content (AvgIpc) is 2.84. The lowest BCUT2D eigenvalue weighted by atomic mass is 9.98. The second-order valence-electron chi connectivity index (χ2n) is 5.97. The van der Waals surface area contributed by atoms with Crippen molar-refractivity contribution in [1.29, 1.82) is 5.26 Å². The zero-order chi connectivity index (χ0) is 14.3. The smallest absolute Gasteiger partial charge is 0.108 e. The van der Waals surface area contributed by atoms with Gasteiger partial charge in [-0.05, 0) is 52.1 Å². The maximum atomic E-state index is 9.49. The van der Waals surface area contributed by atoms with Gasteiger partial charge in [0.2, 0.25) is 0 Å². The molecule has 0 aromatic rings. The Bertz CT molecular complexity index is 297. The SMILES string of the molecule is CCCCN(C(C)CC)C1CCC(C#N)(NCC)C1. The number of unbranched alkanes of at least 4 members (excludes halogenated alkanes) is 1. The lowest BCUT2D eigenvalue weighted by Gasteiger charge is -2.35. The summed E-state index contributed by atoms with van der Waals surface area (Å²) in [6.45, 7) is 11.0. The van der Waals surface area contributed by atoms with E-state index in [2.05, 4.69) is 44.0 Å². The van der Waals surface area contributed by atoms with Gasteiger partial charge >= 0.3 is 0 Å². The molecule has 0 amide bonds. The van der Waals surface area contributed by atoms with Crippen molar-refractivity contribution in [2.45, 2.75) is 83.8 Å². The molecule has 1 fully saturated rings. The fourth-order valence-electron chi connectivity index (χ4n) is 3.28. The van der Waals surface area contributed by atoms with Crippen molar-refractivity contribution in [1.82, 2.24) is 10.2 Å². The van der Waals surface area contributed by atoms with Crippen molar-refractivity contribution < 1.29 is 0 Å². The van der Waals surface area contributed by atoms with Crippen LogP contribution in [0.3, 0.4) is 0 Å². The third kappa shape index (κ3) is 4.19. The van der Waals surface area contributed by atoms with E-state index in [0.717, 1.165) is 25.8 Å². The van der Waals surface area contributed by atoms with Gasteiger partial charge in [0.15, 0.2) is 0 Å². The van der Waals surface area contributed by atoms with Gasteiger partial charge in [0.25, 0.3) is 0 Å². The van der Waals surface area contributed by atoms with E-state index in [1.54, 1.807) is 0 Å². The van der Waals surface area contributed by atoms with E-state index >= 15 is 0 Å². The van der Waals surface area contributed by atoms with Gasteiger partial charge in [0, 0.05) is 12.1 Å². The molecule has 0 spiro atoms. The number of nitrogens with one attached hydrogen (secondary N) is 1. The van der Waals surface area contributed by atoms with Crippen LogP contribution in [0.15, 0.2) is 0 Å². The molecule has 0 aromatic heterocycles. The Morgan fingerprint density at radius 2 is 2.16 bits per heavy atom. The highest BCUT2D eigenvalue weighted by atomic mass is 15.2. The Hall–Kier alpha value is -0.590. The molecule has 3 heteroatoms. The number of nitriles is 1. The molecule has 3 unspecified atom stereocenters. The lowest BCUT2D eigenvalue weighted by Crippen LogP contribution is -2.46. The molecular weight excluding hydrogens is 234 g/mol. The Balaban J connectivity index is 2.69. The maximum Gasteiger partial charge on any atom is 0.108 e. The quantitative estimate of drug-likeness (QED) is 0.732. The van der Waals surface area contributed by atoms with Crippen LogP contribution in [-0.4, -0.2) is 35.6 Å². The number of hydrogen-bond acceptors (Lipinski definition) is 3. The lowest BCUT2D eigenvalue weighted by molar-refractivity contribution is 0.135. The van der Waals surface area contributed by atoms with Crippen molar-refractivity contribution in [3.8, 4) is 6.07 Å². The highest BCUT2D eigenvalue weighted by molar-refractivity contribution is 5.13. The van der Waals surface area contributed by atoms with Gasteiger partial charge in [0.05, 0.1) is 6.07 Å². The van der Waals surface area contributed by atoms with Gasteiger partial charge in [-0.25, -0.2) is 0 Å². The van der Waals surface area contributed by atoms with E-state index in [0.29, 0.717) is 12.1 Å². The standard InChI is InChI=1S/C16H31N3/c1-5-8-11-19(14(4)6-2)15-9-10-16(12-15,13-17)18-7-3/h14-15,18H,5-12H2,1-4H3. The minimum Gasteiger partial charge on any atom is -0.300 e. The molecule has 19 heavy (non-hydrogen) atoms. The summed E-state index contributed by atoms with van der Waals surface area (Å²) >= 11 is 0. The van der Waals surface area contributed by atoms with Crippen molar-refractivity contribution >= 4 is 0 Å². The van der Waals surface area contributed by atoms with Gasteiger partial charge in [-0.2, -0.15) is 5.26 Å². The molecule has 1 rings (SSSR count). The fraction of sp³-hybridized carbons (Fsp3) is 0.938. The third-order valence-electron chi connectivity index (χ3n) is 4.61. The Morgan fingerprint density at radius 1 is 1.42 bits per heavy atom. The molecule has 0 radical (unpaired) electrons. The van der Waals surface area contributed by atoms with Crippen LogP contribution >= 0.6 is 0 Å². The third-order valence-corrected chi connectivity index (χ3v) is 4.61. The zero-order valence-corrected chi connectivity index (χ0v) is 13.2. The summed E-state index contributed by atoms with van der Waals surface area (Å²) in [6.07, 6.45) is 6.86. The first kappa shape index (κ1) is 16.5. The summed E-state index contributed by atoms with van der Waals surface area (Å²) < 4.78 is 0. The molecule has 0 heterocycles. The van der Waals surface area contributed by atoms with E-state index in [1.165, 1.54) is 25.8 Å². The molecule has 1 aliphatic rings. The first-order valence-corrected chi connectivity index (χ1v) is 8.04. The van der Waals surface area contributed by atoms with Crippen LogP contribution in [0.25, 0.3) is 0 Å². The number of hydrogen-bond donors (Lipinski definition) is 1. The van der Waals surface area contributed by atoms with Crippen molar-refractivity contribution in [2.24, 2.45) is 0 Å². The van der Waals surface area contributed by atoms with Crippen LogP contribution in [0, 0.1) is 11.3 Å². The summed E-state index contributed by atoms with van der Waals surface area (Å²) in [4.78, 5) is 2.65. The molecule has 1 saturated carbocycles. The van der Waals surface area contributed by atoms with Crippen molar-refractivity contribution in [3.05, 3.63) is 0 Å². The minimum atomic E-state index is -0.267. The number of nitrogens with zero attached hydrogens (tertiary/aromatic N) is 2. The Morgan fingerprint density at radius 3 is 2.68 bits per heavy atom. The Labute approximate surface area is 119 Å². The largest absolute Gasteiger partial charge is 0.300 e. The number of rotatable bonds is 8. The molecule has 110 valence electrons. The van der Waals surface area contributed by atoms with E-state index < -0.39 is 0 Å². The van der Waals surface area contributed by atoms with Gasteiger partial charge in [-0.1, -0.05) is 27.2 Å². The maximum absolute atomic E-state index is 9.49. The van der Waals surface area contributed by atoms with E-state index in [9.17, 15) is 5.26 Å². The average molecular weight is 265 g/mol. The molecule has 0 saturated heterocycles. The highest BCUT2D eigenvalue weighted by Crippen LogP contribution is 2.34. The van der Waals surface area contributed by atoms with Crippen LogP contribution in [0.4, 0.5) is 0 Å². The van der Waals surface area contributed by atoms with Crippen molar-refractivity contribution in [2.75, 3.05) is 13.1 Å². The van der Waals surface area contributed by atoms with Crippen LogP contribution < -0.4 is 5.32 Å². The molecule has 3 atom stereocenters. The van der Waals surface area contributed by atoms with Gasteiger partial charge in [-0.3, -0.25) is 10.2 Å². The summed E-state index contributed by atoms with van der Waals surface area (Å²) in [5.41, 5.74) is -0.267. The van der Waals surface area contributed by atoms with Gasteiger partial charge < -0.3 is 0 Å². The second-order valence-corrected chi connectivity index (χ2v) is 5.97. The summed E-state index contributed by atoms with van der Waals surface area (Å²) in [5, 5.41) is 12.9. The molecule has 1 aliphatic carbocycles. The van der Waals surface area contributed by atoms with Crippen LogP contribution in [0.1, 0.15) is 66.2 Å². The molecular formula is C16H31N3. The summed E-state index contributed by atoms with van der Waals surface area (Å²) in [5.74, 6) is 0. The van der Waals surface area contributed by atoms with Gasteiger partial charge in [0.1, 0.15) is 5.54 Å². The molecule has 3 nitrogen and oxygen atoms in total. The zero-order valence-electron chi connectivity index (χ0n) is 13.2. The summed E-state index contributed by atoms with van der Waals surface area (Å²) in [6, 6.07) is 3.75. The van der Waals surface area contributed by atoms with E-state index in [1.807, 2.05) is 0 Å². The first-order chi connectivity index (χ1) is 9.12. The molecule has 0 aliphatic heterocycles. The molecule has 0 bridgehead atoms. The predicted molar refractivity (Wildman–Crippen MR) is 81.0 cm³/mol. The van der Waals surface area contributed by atoms with Crippen LogP contribution in [0.5, 0.6) is 0 Å². The van der Waals surface area contributed by atoms with E-state index in [-0.39, 0.29) is 5.54 Å². The molecule has 1 N–H and O–H groups in total. The minimum absolute atomic E-state index is 0.267. The normalized spacial score (nSPS) is 28.5. The highest BCUT2D eigenvalue weighted by Gasteiger charge is 2.41. The summed E-state index contributed by atoms with van der Waals surface area (Å²) in [7, 11) is 0. The van der Waals surface area contributed by atoms with E-state index in [4.69, 9.17) is 0 Å². The second kappa shape index (κ2) is 7.87. The van der Waals surface area contributed by atoms with Crippen LogP contribution in [-0.2, 0) is 0 Å².